The number of pyridine rings is 2. The van der Waals surface area contributed by atoms with Crippen LogP contribution >= 0.6 is 0 Å². The molecule has 188 valence electrons. The van der Waals surface area contributed by atoms with Gasteiger partial charge in [0.25, 0.3) is 5.56 Å². The predicted octanol–water partition coefficient (Wildman–Crippen LogP) is 6.23. The van der Waals surface area contributed by atoms with Gasteiger partial charge < -0.3 is 4.90 Å². The first kappa shape index (κ1) is 24.2. The van der Waals surface area contributed by atoms with Gasteiger partial charge >= 0.3 is 6.18 Å². The van der Waals surface area contributed by atoms with Crippen LogP contribution in [0.1, 0.15) is 30.2 Å². The molecule has 0 fully saturated rings. The van der Waals surface area contributed by atoms with Gasteiger partial charge in [0.05, 0.1) is 16.9 Å². The van der Waals surface area contributed by atoms with Gasteiger partial charge in [-0.15, -0.1) is 5.53 Å². The third-order valence-electron chi connectivity index (χ3n) is 6.68. The molecule has 0 N–H and O–H groups in total. The maximum Gasteiger partial charge on any atom is 0.417 e. The van der Waals surface area contributed by atoms with Crippen molar-refractivity contribution in [1.29, 1.82) is 0 Å². The van der Waals surface area contributed by atoms with Crippen LogP contribution in [-0.4, -0.2) is 25.7 Å². The van der Waals surface area contributed by atoms with Gasteiger partial charge in [0, 0.05) is 66.2 Å². The van der Waals surface area contributed by atoms with Crippen molar-refractivity contribution in [1.82, 2.24) is 19.1 Å². The Morgan fingerprint density at radius 3 is 2.68 bits per heavy atom. The van der Waals surface area contributed by atoms with Crippen LogP contribution in [0.4, 0.5) is 13.2 Å². The van der Waals surface area contributed by atoms with Crippen LogP contribution in [0.5, 0.6) is 0 Å². The Balaban J connectivity index is 1.54. The Morgan fingerprint density at radius 1 is 1.22 bits per heavy atom. The van der Waals surface area contributed by atoms with E-state index in [0.29, 0.717) is 29.7 Å². The van der Waals surface area contributed by atoms with Crippen LogP contribution < -0.4 is 5.56 Å². The lowest BCUT2D eigenvalue weighted by Crippen LogP contribution is -2.29. The van der Waals surface area contributed by atoms with Gasteiger partial charge in [0.1, 0.15) is 11.2 Å². The molecule has 0 saturated carbocycles. The number of azide groups is 1. The summed E-state index contributed by atoms with van der Waals surface area (Å²) in [4.78, 5) is 22.1. The van der Waals surface area contributed by atoms with Gasteiger partial charge in [0.15, 0.2) is 0 Å². The lowest BCUT2D eigenvalue weighted by Gasteiger charge is -2.29. The Hall–Kier alpha value is -4.50. The molecule has 3 aromatic heterocycles. The Bertz CT molecular complexity index is 1630. The van der Waals surface area contributed by atoms with E-state index in [4.69, 9.17) is 0 Å². The van der Waals surface area contributed by atoms with Gasteiger partial charge in [-0.25, -0.2) is 0 Å². The highest BCUT2D eigenvalue weighted by Crippen LogP contribution is 2.34. The SMILES string of the molecule is C=C(CC)N1CCc2c(c3ccc(-n4ccc(-c5ccc(C(F)(F)F)cn5)cc4=O)cc3n2N=[N+]=[N-])C1. The number of alkyl halides is 3. The zero-order valence-electron chi connectivity index (χ0n) is 19.9. The molecule has 0 atom stereocenters. The maximum atomic E-state index is 13.0. The second-order valence-corrected chi connectivity index (χ2v) is 8.76. The molecule has 1 aliphatic rings. The molecule has 0 amide bonds. The van der Waals surface area contributed by atoms with Crippen molar-refractivity contribution in [2.24, 2.45) is 5.22 Å². The molecular formula is C26H22F3N7O. The number of hydrogen-bond acceptors (Lipinski definition) is 4. The molecule has 4 heterocycles. The second-order valence-electron chi connectivity index (χ2n) is 8.76. The molecule has 4 aromatic rings. The number of rotatable bonds is 5. The van der Waals surface area contributed by atoms with E-state index in [-0.39, 0.29) is 11.3 Å². The maximum absolute atomic E-state index is 13.0. The molecule has 0 spiro atoms. The normalized spacial score (nSPS) is 13.4. The van der Waals surface area contributed by atoms with E-state index in [1.54, 1.807) is 23.0 Å². The molecule has 1 aliphatic heterocycles. The molecule has 0 radical (unpaired) electrons. The smallest absolute Gasteiger partial charge is 0.370 e. The molecule has 0 aliphatic carbocycles. The van der Waals surface area contributed by atoms with Crippen molar-refractivity contribution < 1.29 is 13.2 Å². The first-order valence-corrected chi connectivity index (χ1v) is 11.6. The number of halogens is 3. The van der Waals surface area contributed by atoms with Gasteiger partial charge in [-0.3, -0.25) is 14.3 Å². The summed E-state index contributed by atoms with van der Waals surface area (Å²) in [6, 6.07) is 10.6. The van der Waals surface area contributed by atoms with Gasteiger partial charge in [-0.2, -0.15) is 22.8 Å². The third kappa shape index (κ3) is 4.34. The average Bonchev–Trinajstić information content (AvgIpc) is 3.20. The lowest BCUT2D eigenvalue weighted by atomic mass is 10.0. The van der Waals surface area contributed by atoms with E-state index in [1.165, 1.54) is 16.7 Å². The zero-order chi connectivity index (χ0) is 26.3. The van der Waals surface area contributed by atoms with Crippen LogP contribution in [-0.2, 0) is 19.1 Å². The number of aromatic nitrogens is 3. The van der Waals surface area contributed by atoms with Gasteiger partial charge in [0.2, 0.25) is 0 Å². The first-order chi connectivity index (χ1) is 17.7. The highest BCUT2D eigenvalue weighted by molar-refractivity contribution is 5.87. The van der Waals surface area contributed by atoms with E-state index in [1.807, 2.05) is 12.1 Å². The zero-order valence-corrected chi connectivity index (χ0v) is 19.9. The molecule has 8 nitrogen and oxygen atoms in total. The van der Waals surface area contributed by atoms with Crippen molar-refractivity contribution >= 4 is 10.9 Å². The summed E-state index contributed by atoms with van der Waals surface area (Å²) in [5.41, 5.74) is 12.9. The fraction of sp³-hybridized carbons (Fsp3) is 0.231. The summed E-state index contributed by atoms with van der Waals surface area (Å²) in [7, 11) is 0. The van der Waals surface area contributed by atoms with Crippen LogP contribution in [0, 0.1) is 0 Å². The van der Waals surface area contributed by atoms with Crippen molar-refractivity contribution in [2.45, 2.75) is 32.5 Å². The van der Waals surface area contributed by atoms with E-state index in [9.17, 15) is 23.5 Å². The Morgan fingerprint density at radius 2 is 2.03 bits per heavy atom. The molecular weight excluding hydrogens is 483 g/mol. The average molecular weight is 506 g/mol. The Labute approximate surface area is 209 Å². The minimum absolute atomic E-state index is 0.260. The minimum atomic E-state index is -4.48. The van der Waals surface area contributed by atoms with Gasteiger partial charge in [-0.05, 0) is 42.0 Å². The van der Waals surface area contributed by atoms with E-state index >= 15 is 0 Å². The number of fused-ring (bicyclic) bond motifs is 3. The molecule has 0 unspecified atom stereocenters. The molecule has 0 bridgehead atoms. The molecule has 5 rings (SSSR count). The Kier molecular flexibility index (Phi) is 6.01. The number of hydrogen-bond donors (Lipinski definition) is 0. The predicted molar refractivity (Wildman–Crippen MR) is 134 cm³/mol. The van der Waals surface area contributed by atoms with Crippen molar-refractivity contribution in [2.75, 3.05) is 6.54 Å². The third-order valence-corrected chi connectivity index (χ3v) is 6.68. The highest BCUT2D eigenvalue weighted by atomic mass is 19.4. The summed E-state index contributed by atoms with van der Waals surface area (Å²) in [5.74, 6) is 0. The van der Waals surface area contributed by atoms with Crippen LogP contribution in [0.25, 0.3) is 38.3 Å². The monoisotopic (exact) mass is 505 g/mol. The van der Waals surface area contributed by atoms with Crippen LogP contribution in [0.2, 0.25) is 0 Å². The van der Waals surface area contributed by atoms with Crippen LogP contribution in [0.15, 0.2) is 77.2 Å². The fourth-order valence-corrected chi connectivity index (χ4v) is 4.69. The summed E-state index contributed by atoms with van der Waals surface area (Å²) in [6.45, 7) is 7.62. The fourth-order valence-electron chi connectivity index (χ4n) is 4.69. The molecule has 11 heteroatoms. The second kappa shape index (κ2) is 9.18. The first-order valence-electron chi connectivity index (χ1n) is 11.6. The van der Waals surface area contributed by atoms with Gasteiger partial charge in [-0.1, -0.05) is 13.5 Å². The standard InChI is InChI=1S/C26H22F3N7O/c1-3-16(2)34-10-9-23-21(15-34)20-6-5-19(13-24(20)36(23)33-32-30)35-11-8-17(12-25(35)37)22-7-4-18(14-31-22)26(27,28)29/h4-8,11-14H,2-3,9-10,15H2,1H3. The largest absolute Gasteiger partial charge is 0.417 e. The lowest BCUT2D eigenvalue weighted by molar-refractivity contribution is -0.137. The topological polar surface area (TPSA) is 91.8 Å². The molecule has 1 aromatic carbocycles. The highest BCUT2D eigenvalue weighted by Gasteiger charge is 2.31. The van der Waals surface area contributed by atoms with Crippen LogP contribution in [0.3, 0.4) is 0 Å². The summed E-state index contributed by atoms with van der Waals surface area (Å²) in [6.07, 6.45) is -0.660. The van der Waals surface area contributed by atoms with E-state index in [2.05, 4.69) is 33.5 Å². The minimum Gasteiger partial charge on any atom is -0.370 e. The number of allylic oxidation sites excluding steroid dienone is 1. The van der Waals surface area contributed by atoms with Crippen molar-refractivity contribution in [3.63, 3.8) is 0 Å². The van der Waals surface area contributed by atoms with Crippen molar-refractivity contribution in [3.05, 3.63) is 105 Å². The van der Waals surface area contributed by atoms with Crippen molar-refractivity contribution in [3.8, 4) is 16.9 Å². The summed E-state index contributed by atoms with van der Waals surface area (Å²) in [5, 5.41) is 4.84. The number of benzene rings is 1. The van der Waals surface area contributed by atoms with E-state index in [0.717, 1.165) is 47.6 Å². The van der Waals surface area contributed by atoms with E-state index < -0.39 is 11.7 Å². The summed E-state index contributed by atoms with van der Waals surface area (Å²) < 4.78 is 41.5. The molecule has 37 heavy (non-hydrogen) atoms. The summed E-state index contributed by atoms with van der Waals surface area (Å²) >= 11 is 0. The quantitative estimate of drug-likeness (QED) is 0.183. The number of nitrogens with zero attached hydrogens (tertiary/aromatic N) is 7. The molecule has 0 saturated heterocycles.